The van der Waals surface area contributed by atoms with Crippen LogP contribution in [0.5, 0.6) is 5.75 Å². The van der Waals surface area contributed by atoms with E-state index in [4.69, 9.17) is 9.47 Å². The second-order valence-corrected chi connectivity index (χ2v) is 7.51. The summed E-state index contributed by atoms with van der Waals surface area (Å²) in [6.45, 7) is 1.16. The Kier molecular flexibility index (Phi) is 6.43. The molecule has 7 nitrogen and oxygen atoms in total. The van der Waals surface area contributed by atoms with E-state index in [0.29, 0.717) is 37.4 Å². The zero-order valence-corrected chi connectivity index (χ0v) is 17.5. The number of carbonyl (C=O) groups excluding carboxylic acids is 1. The molecule has 1 aliphatic heterocycles. The number of amides is 1. The summed E-state index contributed by atoms with van der Waals surface area (Å²) in [5.41, 5.74) is 3.19. The Balaban J connectivity index is 1.37. The van der Waals surface area contributed by atoms with Crippen LogP contribution in [0, 0.1) is 0 Å². The topological polar surface area (TPSA) is 84.5 Å². The Hall–Kier alpha value is -3.45. The Morgan fingerprint density at radius 3 is 2.61 bits per heavy atom. The molecule has 1 N–H and O–H groups in total. The lowest BCUT2D eigenvalue weighted by Crippen LogP contribution is -2.41. The minimum Gasteiger partial charge on any atom is -0.497 e. The monoisotopic (exact) mass is 419 g/mol. The van der Waals surface area contributed by atoms with Crippen molar-refractivity contribution in [1.82, 2.24) is 14.9 Å². The van der Waals surface area contributed by atoms with E-state index in [1.54, 1.807) is 12.0 Å². The molecular weight excluding hydrogens is 394 g/mol. The van der Waals surface area contributed by atoms with Crippen LogP contribution in [0.3, 0.4) is 0 Å². The number of fused-ring (bicyclic) bond motifs is 1. The summed E-state index contributed by atoms with van der Waals surface area (Å²) in [5, 5.41) is 0. The lowest BCUT2D eigenvalue weighted by molar-refractivity contribution is -0.137. The van der Waals surface area contributed by atoms with Gasteiger partial charge in [0.15, 0.2) is 0 Å². The number of H-pyrrole nitrogens is 1. The van der Waals surface area contributed by atoms with Crippen LogP contribution in [-0.4, -0.2) is 41.0 Å². The minimum absolute atomic E-state index is 0.00882. The second kappa shape index (κ2) is 9.57. The first-order valence-electron chi connectivity index (χ1n) is 10.3. The Morgan fingerprint density at radius 1 is 1.10 bits per heavy atom. The van der Waals surface area contributed by atoms with Gasteiger partial charge in [0, 0.05) is 19.4 Å². The van der Waals surface area contributed by atoms with Crippen molar-refractivity contribution in [1.29, 1.82) is 0 Å². The van der Waals surface area contributed by atoms with Crippen LogP contribution in [0.2, 0.25) is 0 Å². The average Bonchev–Trinajstić information content (AvgIpc) is 2.80. The van der Waals surface area contributed by atoms with E-state index in [-0.39, 0.29) is 24.6 Å². The van der Waals surface area contributed by atoms with Gasteiger partial charge in [-0.1, -0.05) is 42.5 Å². The molecule has 2 heterocycles. The van der Waals surface area contributed by atoms with Crippen molar-refractivity contribution in [3.63, 3.8) is 0 Å². The normalized spacial score (nSPS) is 13.0. The number of aromatic nitrogens is 2. The van der Waals surface area contributed by atoms with Gasteiger partial charge in [0.1, 0.15) is 18.2 Å². The molecule has 0 bridgehead atoms. The molecule has 0 fully saturated rings. The number of ether oxygens (including phenoxy) is 2. The van der Waals surface area contributed by atoms with E-state index >= 15 is 0 Å². The third-order valence-electron chi connectivity index (χ3n) is 5.34. The second-order valence-electron chi connectivity index (χ2n) is 7.51. The molecule has 2 aromatic carbocycles. The van der Waals surface area contributed by atoms with Gasteiger partial charge in [-0.3, -0.25) is 9.59 Å². The van der Waals surface area contributed by atoms with Gasteiger partial charge in [0.2, 0.25) is 5.91 Å². The zero-order valence-electron chi connectivity index (χ0n) is 17.5. The number of methoxy groups -OCH3 is 1. The lowest BCUT2D eigenvalue weighted by atomic mass is 10.1. The van der Waals surface area contributed by atoms with Crippen molar-refractivity contribution >= 4 is 5.91 Å². The van der Waals surface area contributed by atoms with E-state index in [1.165, 1.54) is 0 Å². The van der Waals surface area contributed by atoms with Crippen molar-refractivity contribution in [2.24, 2.45) is 0 Å². The molecule has 0 aliphatic carbocycles. The standard InChI is InChI=1S/C24H25N3O4/c1-30-19-9-7-17(8-10-19)13-22-25-21-11-12-27(14-20(21)24(29)26-22)23(28)16-31-15-18-5-3-2-4-6-18/h2-10H,11-16H2,1H3,(H,25,26,29). The molecule has 0 spiro atoms. The molecule has 0 radical (unpaired) electrons. The minimum atomic E-state index is -0.184. The predicted octanol–water partition coefficient (Wildman–Crippen LogP) is 2.47. The summed E-state index contributed by atoms with van der Waals surface area (Å²) in [5.74, 6) is 1.29. The van der Waals surface area contributed by atoms with Gasteiger partial charge in [-0.2, -0.15) is 0 Å². The number of nitrogens with zero attached hydrogens (tertiary/aromatic N) is 2. The number of aromatic amines is 1. The third-order valence-corrected chi connectivity index (χ3v) is 5.34. The SMILES string of the molecule is COc1ccc(Cc2nc3c(c(=O)[nH]2)CN(C(=O)COCc2ccccc2)CC3)cc1. The number of carbonyl (C=O) groups is 1. The van der Waals surface area contributed by atoms with Crippen LogP contribution in [0.4, 0.5) is 0 Å². The summed E-state index contributed by atoms with van der Waals surface area (Å²) < 4.78 is 10.7. The molecule has 3 aromatic rings. The van der Waals surface area contributed by atoms with Crippen LogP contribution in [0.15, 0.2) is 59.4 Å². The molecule has 1 aromatic heterocycles. The predicted molar refractivity (Wildman–Crippen MR) is 116 cm³/mol. The quantitative estimate of drug-likeness (QED) is 0.636. The third kappa shape index (κ3) is 5.19. The van der Waals surface area contributed by atoms with Crippen molar-refractivity contribution < 1.29 is 14.3 Å². The highest BCUT2D eigenvalue weighted by Gasteiger charge is 2.24. The van der Waals surface area contributed by atoms with Crippen molar-refractivity contribution in [2.75, 3.05) is 20.3 Å². The highest BCUT2D eigenvalue weighted by atomic mass is 16.5. The van der Waals surface area contributed by atoms with E-state index in [9.17, 15) is 9.59 Å². The van der Waals surface area contributed by atoms with Gasteiger partial charge in [0.25, 0.3) is 5.56 Å². The maximum Gasteiger partial charge on any atom is 0.256 e. The molecular formula is C24H25N3O4. The van der Waals surface area contributed by atoms with Gasteiger partial charge >= 0.3 is 0 Å². The molecule has 1 amide bonds. The molecule has 31 heavy (non-hydrogen) atoms. The first-order valence-corrected chi connectivity index (χ1v) is 10.3. The van der Waals surface area contributed by atoms with Crippen molar-refractivity contribution in [3.8, 4) is 5.75 Å². The highest BCUT2D eigenvalue weighted by molar-refractivity contribution is 5.77. The number of hydrogen-bond donors (Lipinski definition) is 1. The number of benzene rings is 2. The summed E-state index contributed by atoms with van der Waals surface area (Å²) in [6, 6.07) is 17.4. The van der Waals surface area contributed by atoms with E-state index in [2.05, 4.69) is 9.97 Å². The summed E-state index contributed by atoms with van der Waals surface area (Å²) in [6.07, 6.45) is 1.09. The Morgan fingerprint density at radius 2 is 1.87 bits per heavy atom. The average molecular weight is 419 g/mol. The Labute approximate surface area is 180 Å². The lowest BCUT2D eigenvalue weighted by Gasteiger charge is -2.27. The van der Waals surface area contributed by atoms with Gasteiger partial charge in [-0.05, 0) is 23.3 Å². The van der Waals surface area contributed by atoms with Gasteiger partial charge < -0.3 is 19.4 Å². The molecule has 0 unspecified atom stereocenters. The largest absolute Gasteiger partial charge is 0.497 e. The van der Waals surface area contributed by atoms with E-state index in [0.717, 1.165) is 22.6 Å². The number of rotatable bonds is 7. The van der Waals surface area contributed by atoms with Crippen LogP contribution < -0.4 is 10.3 Å². The van der Waals surface area contributed by atoms with Crippen LogP contribution in [-0.2, 0) is 35.5 Å². The summed E-state index contributed by atoms with van der Waals surface area (Å²) >= 11 is 0. The highest BCUT2D eigenvalue weighted by Crippen LogP contribution is 2.17. The van der Waals surface area contributed by atoms with Crippen molar-refractivity contribution in [2.45, 2.75) is 26.0 Å². The molecule has 0 atom stereocenters. The van der Waals surface area contributed by atoms with Crippen molar-refractivity contribution in [3.05, 3.63) is 93.2 Å². The van der Waals surface area contributed by atoms with Crippen LogP contribution in [0.1, 0.15) is 28.2 Å². The molecule has 1 aliphatic rings. The maximum atomic E-state index is 12.7. The van der Waals surface area contributed by atoms with Gasteiger partial charge in [0.05, 0.1) is 31.5 Å². The smallest absolute Gasteiger partial charge is 0.256 e. The van der Waals surface area contributed by atoms with E-state index in [1.807, 2.05) is 54.6 Å². The van der Waals surface area contributed by atoms with Gasteiger partial charge in [-0.15, -0.1) is 0 Å². The Bertz CT molecular complexity index is 1090. The molecule has 4 rings (SSSR count). The number of hydrogen-bond acceptors (Lipinski definition) is 5. The fourth-order valence-electron chi connectivity index (χ4n) is 3.63. The van der Waals surface area contributed by atoms with Crippen LogP contribution >= 0.6 is 0 Å². The first kappa shape index (κ1) is 20.8. The molecule has 0 saturated carbocycles. The first-order chi connectivity index (χ1) is 15.1. The maximum absolute atomic E-state index is 12.7. The zero-order chi connectivity index (χ0) is 21.6. The van der Waals surface area contributed by atoms with E-state index < -0.39 is 0 Å². The fraction of sp³-hybridized carbons (Fsp3) is 0.292. The fourth-order valence-corrected chi connectivity index (χ4v) is 3.63. The molecule has 7 heteroatoms. The molecule has 0 saturated heterocycles. The van der Waals surface area contributed by atoms with Crippen LogP contribution in [0.25, 0.3) is 0 Å². The number of nitrogens with one attached hydrogen (secondary N) is 1. The summed E-state index contributed by atoms with van der Waals surface area (Å²) in [7, 11) is 1.63. The van der Waals surface area contributed by atoms with Gasteiger partial charge in [-0.25, -0.2) is 4.98 Å². The summed E-state index contributed by atoms with van der Waals surface area (Å²) in [4.78, 5) is 34.4. The molecule has 160 valence electrons.